The molecule has 0 bridgehead atoms. The van der Waals surface area contributed by atoms with E-state index in [2.05, 4.69) is 28.5 Å². The number of hydrogen-bond acceptors (Lipinski definition) is 3. The molecule has 0 aliphatic carbocycles. The molecule has 4 nitrogen and oxygen atoms in total. The Morgan fingerprint density at radius 1 is 1.14 bits per heavy atom. The molecule has 2 aromatic carbocycles. The van der Waals surface area contributed by atoms with E-state index in [1.54, 1.807) is 0 Å². The number of aromatic nitrogens is 1. The van der Waals surface area contributed by atoms with Crippen LogP contribution in [0.2, 0.25) is 0 Å². The van der Waals surface area contributed by atoms with Gasteiger partial charge in [0.2, 0.25) is 0 Å². The van der Waals surface area contributed by atoms with Crippen LogP contribution in [0.4, 0.5) is 5.69 Å². The molecule has 22 heavy (non-hydrogen) atoms. The van der Waals surface area contributed by atoms with Crippen molar-refractivity contribution in [3.8, 4) is 17.0 Å². The highest BCUT2D eigenvalue weighted by Gasteiger charge is 2.22. The average molecular weight is 294 g/mol. The van der Waals surface area contributed by atoms with Gasteiger partial charge in [0.05, 0.1) is 11.4 Å². The number of rotatable bonds is 1. The van der Waals surface area contributed by atoms with Crippen molar-refractivity contribution in [2.75, 3.05) is 5.32 Å². The molecule has 1 aliphatic rings. The fourth-order valence-electron chi connectivity index (χ4n) is 3.01. The zero-order chi connectivity index (χ0) is 15.1. The summed E-state index contributed by atoms with van der Waals surface area (Å²) in [6, 6.07) is 16.3. The minimum Gasteiger partial charge on any atom is -0.488 e. The third-order valence-corrected chi connectivity index (χ3v) is 4.03. The number of nitrogens with one attached hydrogen (secondary N) is 2. The number of para-hydroxylation sites is 2. The van der Waals surface area contributed by atoms with Crippen LogP contribution in [0.5, 0.6) is 5.75 Å². The van der Waals surface area contributed by atoms with Crippen LogP contribution < -0.4 is 10.1 Å². The predicted molar refractivity (Wildman–Crippen MR) is 88.1 cm³/mol. The molecule has 0 saturated heterocycles. The SMILES string of the molecule is C[C@@H]1CC(O)Nc2cccc(-c3cc4ccccc4[nH]3)c2O1. The number of ether oxygens (including phenoxy) is 1. The highest BCUT2D eigenvalue weighted by molar-refractivity contribution is 5.88. The molecule has 0 saturated carbocycles. The topological polar surface area (TPSA) is 57.3 Å². The Morgan fingerprint density at radius 2 is 2.00 bits per heavy atom. The van der Waals surface area contributed by atoms with Crippen molar-refractivity contribution in [1.82, 2.24) is 4.98 Å². The van der Waals surface area contributed by atoms with Crippen LogP contribution in [-0.2, 0) is 0 Å². The highest BCUT2D eigenvalue weighted by atomic mass is 16.5. The van der Waals surface area contributed by atoms with Gasteiger partial charge in [0.15, 0.2) is 5.75 Å². The quantitative estimate of drug-likeness (QED) is 0.641. The fraction of sp³-hybridized carbons (Fsp3) is 0.222. The largest absolute Gasteiger partial charge is 0.488 e. The average Bonchev–Trinajstić information content (AvgIpc) is 2.85. The molecule has 0 spiro atoms. The highest BCUT2D eigenvalue weighted by Crippen LogP contribution is 2.39. The van der Waals surface area contributed by atoms with E-state index in [-0.39, 0.29) is 6.10 Å². The normalized spacial score (nSPS) is 20.8. The summed E-state index contributed by atoms with van der Waals surface area (Å²) < 4.78 is 6.07. The lowest BCUT2D eigenvalue weighted by atomic mass is 10.1. The monoisotopic (exact) mass is 294 g/mol. The summed E-state index contributed by atoms with van der Waals surface area (Å²) in [7, 11) is 0. The lowest BCUT2D eigenvalue weighted by Gasteiger charge is -2.15. The lowest BCUT2D eigenvalue weighted by Crippen LogP contribution is -2.22. The maximum absolute atomic E-state index is 9.98. The summed E-state index contributed by atoms with van der Waals surface area (Å²) in [5.74, 6) is 0.790. The van der Waals surface area contributed by atoms with Gasteiger partial charge < -0.3 is 20.1 Å². The minimum atomic E-state index is -0.589. The number of H-pyrrole nitrogens is 1. The Hall–Kier alpha value is -2.46. The maximum atomic E-state index is 9.98. The Balaban J connectivity index is 1.87. The second-order valence-electron chi connectivity index (χ2n) is 5.78. The molecule has 1 unspecified atom stereocenters. The second-order valence-corrected chi connectivity index (χ2v) is 5.78. The van der Waals surface area contributed by atoms with Gasteiger partial charge in [-0.3, -0.25) is 0 Å². The number of benzene rings is 2. The summed E-state index contributed by atoms with van der Waals surface area (Å²) in [5, 5.41) is 14.3. The van der Waals surface area contributed by atoms with Gasteiger partial charge in [0.1, 0.15) is 12.3 Å². The van der Waals surface area contributed by atoms with Gasteiger partial charge in [0.25, 0.3) is 0 Å². The first-order valence-electron chi connectivity index (χ1n) is 7.53. The van der Waals surface area contributed by atoms with E-state index in [1.165, 1.54) is 5.39 Å². The lowest BCUT2D eigenvalue weighted by molar-refractivity contribution is 0.131. The van der Waals surface area contributed by atoms with Crippen LogP contribution in [0.1, 0.15) is 13.3 Å². The third kappa shape index (κ3) is 2.22. The van der Waals surface area contributed by atoms with Gasteiger partial charge in [-0.25, -0.2) is 0 Å². The molecule has 0 fully saturated rings. The third-order valence-electron chi connectivity index (χ3n) is 4.03. The molecule has 1 aliphatic heterocycles. The van der Waals surface area contributed by atoms with E-state index < -0.39 is 6.23 Å². The summed E-state index contributed by atoms with van der Waals surface area (Å²) in [6.45, 7) is 1.97. The number of aliphatic hydroxyl groups is 1. The van der Waals surface area contributed by atoms with E-state index in [0.29, 0.717) is 6.42 Å². The molecule has 4 rings (SSSR count). The van der Waals surface area contributed by atoms with Crippen LogP contribution in [-0.4, -0.2) is 22.4 Å². The van der Waals surface area contributed by atoms with Crippen molar-refractivity contribution in [3.63, 3.8) is 0 Å². The number of anilines is 1. The molecule has 112 valence electrons. The van der Waals surface area contributed by atoms with E-state index in [9.17, 15) is 5.11 Å². The zero-order valence-corrected chi connectivity index (χ0v) is 12.3. The first-order chi connectivity index (χ1) is 10.7. The molecule has 1 aromatic heterocycles. The number of aromatic amines is 1. The predicted octanol–water partition coefficient (Wildman–Crippen LogP) is 3.74. The number of hydrogen-bond donors (Lipinski definition) is 3. The summed E-state index contributed by atoms with van der Waals surface area (Å²) in [4.78, 5) is 3.44. The van der Waals surface area contributed by atoms with Gasteiger partial charge in [0, 0.05) is 22.9 Å². The standard InChI is InChI=1S/C18H18N2O2/c1-11-9-17(21)20-15-8-4-6-13(18(15)22-11)16-10-12-5-2-3-7-14(12)19-16/h2-8,10-11,17,19-21H,9H2,1H3/t11-,17?/m1/s1. The maximum Gasteiger partial charge on any atom is 0.152 e. The number of aliphatic hydroxyl groups excluding tert-OH is 1. The van der Waals surface area contributed by atoms with E-state index in [1.807, 2.05) is 37.3 Å². The molecule has 2 heterocycles. The van der Waals surface area contributed by atoms with Gasteiger partial charge in [-0.05, 0) is 31.2 Å². The van der Waals surface area contributed by atoms with Crippen LogP contribution in [0.25, 0.3) is 22.2 Å². The first kappa shape index (κ1) is 13.2. The Kier molecular flexibility index (Phi) is 3.05. The van der Waals surface area contributed by atoms with Crippen molar-refractivity contribution < 1.29 is 9.84 Å². The molecule has 4 heteroatoms. The molecule has 0 amide bonds. The van der Waals surface area contributed by atoms with Crippen LogP contribution in [0, 0.1) is 0 Å². The van der Waals surface area contributed by atoms with E-state index in [0.717, 1.165) is 28.2 Å². The Labute approximate surface area is 128 Å². The Bertz CT molecular complexity index is 792. The molecule has 2 atom stereocenters. The van der Waals surface area contributed by atoms with Gasteiger partial charge >= 0.3 is 0 Å². The molecule has 3 N–H and O–H groups in total. The van der Waals surface area contributed by atoms with Gasteiger partial charge in [-0.1, -0.05) is 24.3 Å². The zero-order valence-electron chi connectivity index (χ0n) is 12.3. The Morgan fingerprint density at radius 3 is 2.86 bits per heavy atom. The molecular formula is C18H18N2O2. The first-order valence-corrected chi connectivity index (χ1v) is 7.53. The van der Waals surface area contributed by atoms with Crippen LogP contribution in [0.15, 0.2) is 48.5 Å². The second kappa shape index (κ2) is 5.07. The minimum absolute atomic E-state index is 0.0470. The summed E-state index contributed by atoms with van der Waals surface area (Å²) in [5.41, 5.74) is 3.95. The van der Waals surface area contributed by atoms with Crippen molar-refractivity contribution in [2.24, 2.45) is 0 Å². The van der Waals surface area contributed by atoms with Crippen molar-refractivity contribution in [3.05, 3.63) is 48.5 Å². The van der Waals surface area contributed by atoms with E-state index in [4.69, 9.17) is 4.74 Å². The summed E-state index contributed by atoms with van der Waals surface area (Å²) in [6.07, 6.45) is -0.0793. The van der Waals surface area contributed by atoms with Gasteiger partial charge in [-0.2, -0.15) is 0 Å². The smallest absolute Gasteiger partial charge is 0.152 e. The molecule has 3 aromatic rings. The van der Waals surface area contributed by atoms with Crippen LogP contribution in [0.3, 0.4) is 0 Å². The summed E-state index contributed by atoms with van der Waals surface area (Å²) >= 11 is 0. The fourth-order valence-corrected chi connectivity index (χ4v) is 3.01. The van der Waals surface area contributed by atoms with Crippen molar-refractivity contribution in [1.29, 1.82) is 0 Å². The van der Waals surface area contributed by atoms with Crippen LogP contribution >= 0.6 is 0 Å². The van der Waals surface area contributed by atoms with Crippen molar-refractivity contribution >= 4 is 16.6 Å². The molecule has 0 radical (unpaired) electrons. The van der Waals surface area contributed by atoms with Crippen molar-refractivity contribution in [2.45, 2.75) is 25.7 Å². The number of fused-ring (bicyclic) bond motifs is 2. The van der Waals surface area contributed by atoms with Gasteiger partial charge in [-0.15, -0.1) is 0 Å². The van der Waals surface area contributed by atoms with E-state index >= 15 is 0 Å². The molecular weight excluding hydrogens is 276 g/mol.